The number of aliphatic hydroxyl groups is 1. The first kappa shape index (κ1) is 21.4. The zero-order valence-electron chi connectivity index (χ0n) is 17.6. The highest BCUT2D eigenvalue weighted by molar-refractivity contribution is 6.46. The van der Waals surface area contributed by atoms with Gasteiger partial charge in [0.25, 0.3) is 11.7 Å². The van der Waals surface area contributed by atoms with E-state index in [2.05, 4.69) is 0 Å². The highest BCUT2D eigenvalue weighted by Crippen LogP contribution is 2.41. The summed E-state index contributed by atoms with van der Waals surface area (Å²) in [6, 6.07) is 13.3. The molecule has 1 saturated heterocycles. The molecular formula is C23H27N2O5+. The first-order chi connectivity index (χ1) is 14.4. The molecule has 0 unspecified atom stereocenters. The lowest BCUT2D eigenvalue weighted by atomic mass is 9.95. The molecule has 1 atom stereocenters. The van der Waals surface area contributed by atoms with Gasteiger partial charge in [0, 0.05) is 5.56 Å². The van der Waals surface area contributed by atoms with E-state index in [9.17, 15) is 14.7 Å². The number of amides is 1. The predicted octanol–water partition coefficient (Wildman–Crippen LogP) is 1.27. The third kappa shape index (κ3) is 4.02. The quantitative estimate of drug-likeness (QED) is 0.408. The first-order valence-corrected chi connectivity index (χ1v) is 9.73. The molecule has 0 aliphatic carbocycles. The third-order valence-electron chi connectivity index (χ3n) is 5.16. The van der Waals surface area contributed by atoms with Crippen molar-refractivity contribution in [2.75, 3.05) is 41.4 Å². The van der Waals surface area contributed by atoms with Crippen molar-refractivity contribution in [2.45, 2.75) is 6.04 Å². The van der Waals surface area contributed by atoms with Crippen molar-refractivity contribution in [2.24, 2.45) is 0 Å². The van der Waals surface area contributed by atoms with Gasteiger partial charge in [-0.1, -0.05) is 36.4 Å². The minimum Gasteiger partial charge on any atom is -0.507 e. The summed E-state index contributed by atoms with van der Waals surface area (Å²) in [5.74, 6) is -0.468. The van der Waals surface area contributed by atoms with Crippen molar-refractivity contribution in [3.63, 3.8) is 0 Å². The van der Waals surface area contributed by atoms with Crippen molar-refractivity contribution >= 4 is 17.4 Å². The molecule has 158 valence electrons. The molecule has 7 heteroatoms. The number of ether oxygens (including phenoxy) is 2. The van der Waals surface area contributed by atoms with Gasteiger partial charge in [0.15, 0.2) is 11.5 Å². The van der Waals surface area contributed by atoms with Crippen LogP contribution >= 0.6 is 0 Å². The van der Waals surface area contributed by atoms with Gasteiger partial charge >= 0.3 is 0 Å². The van der Waals surface area contributed by atoms with Crippen molar-refractivity contribution < 1.29 is 29.1 Å². The van der Waals surface area contributed by atoms with E-state index in [4.69, 9.17) is 9.47 Å². The molecule has 0 radical (unpaired) electrons. The van der Waals surface area contributed by atoms with Crippen LogP contribution in [0.3, 0.4) is 0 Å². The zero-order chi connectivity index (χ0) is 21.8. The molecule has 0 aromatic heterocycles. The molecule has 30 heavy (non-hydrogen) atoms. The van der Waals surface area contributed by atoms with Gasteiger partial charge in [-0.25, -0.2) is 0 Å². The molecule has 1 fully saturated rings. The van der Waals surface area contributed by atoms with Gasteiger partial charge < -0.3 is 24.4 Å². The normalized spacial score (nSPS) is 18.2. The smallest absolute Gasteiger partial charge is 0.295 e. The van der Waals surface area contributed by atoms with E-state index in [-0.39, 0.29) is 11.3 Å². The Balaban J connectivity index is 2.17. The number of likely N-dealkylation sites (N-methyl/N-ethyl adjacent to an activating group) is 1. The number of benzene rings is 2. The summed E-state index contributed by atoms with van der Waals surface area (Å²) in [5, 5.41) is 11.0. The fraction of sp³-hybridized carbons (Fsp3) is 0.304. The Morgan fingerprint density at radius 3 is 2.30 bits per heavy atom. The monoisotopic (exact) mass is 411 g/mol. The maximum Gasteiger partial charge on any atom is 0.295 e. The van der Waals surface area contributed by atoms with E-state index in [0.29, 0.717) is 35.7 Å². The Labute approximate surface area is 176 Å². The number of hydrogen-bond donors (Lipinski definition) is 2. The van der Waals surface area contributed by atoms with Crippen LogP contribution in [0, 0.1) is 0 Å². The van der Waals surface area contributed by atoms with Gasteiger partial charge in [0.05, 0.1) is 53.0 Å². The second kappa shape index (κ2) is 9.00. The molecule has 2 N–H and O–H groups in total. The van der Waals surface area contributed by atoms with Gasteiger partial charge in [-0.05, 0) is 17.7 Å². The number of methoxy groups -OCH3 is 2. The summed E-state index contributed by atoms with van der Waals surface area (Å²) in [7, 11) is 7.02. The SMILES string of the molecule is COc1ccc([C@H]2C(=C(O)c3ccccc3)C(=O)C(=O)N2CC[NH+](C)C)cc1OC. The molecule has 2 aromatic rings. The van der Waals surface area contributed by atoms with Crippen LogP contribution in [-0.4, -0.2) is 63.1 Å². The minimum atomic E-state index is -0.718. The maximum absolute atomic E-state index is 13.0. The highest BCUT2D eigenvalue weighted by Gasteiger charge is 2.46. The Hall–Kier alpha value is -3.32. The van der Waals surface area contributed by atoms with E-state index < -0.39 is 17.7 Å². The summed E-state index contributed by atoms with van der Waals surface area (Å²) < 4.78 is 10.7. The summed E-state index contributed by atoms with van der Waals surface area (Å²) in [5.41, 5.74) is 1.23. The average Bonchev–Trinajstić information content (AvgIpc) is 3.01. The molecule has 1 aliphatic heterocycles. The Morgan fingerprint density at radius 2 is 1.70 bits per heavy atom. The Morgan fingerprint density at radius 1 is 1.03 bits per heavy atom. The lowest BCUT2D eigenvalue weighted by molar-refractivity contribution is -0.857. The number of aliphatic hydroxyl groups excluding tert-OH is 1. The fourth-order valence-corrected chi connectivity index (χ4v) is 3.58. The number of quaternary nitrogens is 1. The van der Waals surface area contributed by atoms with E-state index in [1.165, 1.54) is 12.0 Å². The van der Waals surface area contributed by atoms with E-state index >= 15 is 0 Å². The van der Waals surface area contributed by atoms with Gasteiger partial charge in [-0.2, -0.15) is 0 Å². The second-order valence-corrected chi connectivity index (χ2v) is 7.43. The van der Waals surface area contributed by atoms with E-state index in [0.717, 1.165) is 4.90 Å². The van der Waals surface area contributed by atoms with Crippen LogP contribution in [-0.2, 0) is 9.59 Å². The summed E-state index contributed by atoms with van der Waals surface area (Å²) in [4.78, 5) is 28.5. The van der Waals surface area contributed by atoms with Crippen LogP contribution in [0.1, 0.15) is 17.2 Å². The van der Waals surface area contributed by atoms with Gasteiger partial charge in [-0.3, -0.25) is 9.59 Å². The maximum atomic E-state index is 13.0. The van der Waals surface area contributed by atoms with Crippen molar-refractivity contribution in [1.29, 1.82) is 0 Å². The molecule has 1 heterocycles. The molecule has 0 bridgehead atoms. The lowest BCUT2D eigenvalue weighted by Crippen LogP contribution is -3.06. The average molecular weight is 411 g/mol. The van der Waals surface area contributed by atoms with Crippen molar-refractivity contribution in [3.05, 3.63) is 65.2 Å². The largest absolute Gasteiger partial charge is 0.507 e. The van der Waals surface area contributed by atoms with Gasteiger partial charge in [0.2, 0.25) is 0 Å². The molecule has 1 amide bonds. The molecule has 7 nitrogen and oxygen atoms in total. The summed E-state index contributed by atoms with van der Waals surface area (Å²) in [6.45, 7) is 1.03. The number of rotatable bonds is 7. The summed E-state index contributed by atoms with van der Waals surface area (Å²) >= 11 is 0. The number of likely N-dealkylation sites (tertiary alicyclic amines) is 1. The van der Waals surface area contributed by atoms with Crippen LogP contribution in [0.5, 0.6) is 11.5 Å². The van der Waals surface area contributed by atoms with Gasteiger partial charge in [-0.15, -0.1) is 0 Å². The number of nitrogens with zero attached hydrogens (tertiary/aromatic N) is 1. The molecule has 1 aliphatic rings. The number of nitrogens with one attached hydrogen (secondary N) is 1. The minimum absolute atomic E-state index is 0.0761. The Kier molecular flexibility index (Phi) is 6.42. The molecule has 3 rings (SSSR count). The van der Waals surface area contributed by atoms with Crippen LogP contribution in [0.25, 0.3) is 5.76 Å². The fourth-order valence-electron chi connectivity index (χ4n) is 3.58. The van der Waals surface area contributed by atoms with E-state index in [1.54, 1.807) is 49.6 Å². The number of carbonyl (C=O) groups is 2. The molecule has 0 spiro atoms. The molecule has 0 saturated carbocycles. The molecular weight excluding hydrogens is 384 g/mol. The number of ketones is 1. The zero-order valence-corrected chi connectivity index (χ0v) is 17.6. The third-order valence-corrected chi connectivity index (χ3v) is 5.16. The van der Waals surface area contributed by atoms with Gasteiger partial charge in [0.1, 0.15) is 5.76 Å². The second-order valence-electron chi connectivity index (χ2n) is 7.43. The number of hydrogen-bond acceptors (Lipinski definition) is 5. The van der Waals surface area contributed by atoms with Crippen LogP contribution in [0.15, 0.2) is 54.1 Å². The summed E-state index contributed by atoms with van der Waals surface area (Å²) in [6.07, 6.45) is 0. The Bertz CT molecular complexity index is 969. The highest BCUT2D eigenvalue weighted by atomic mass is 16.5. The topological polar surface area (TPSA) is 80.5 Å². The standard InChI is InChI=1S/C23H26N2O5/c1-24(2)12-13-25-20(16-10-11-17(29-3)18(14-16)30-4)19(22(27)23(25)28)21(26)15-8-6-5-7-9-15/h5-11,14,20,26H,12-13H2,1-4H3/p+1/t20-/m0/s1. The van der Waals surface area contributed by atoms with Crippen LogP contribution in [0.4, 0.5) is 0 Å². The van der Waals surface area contributed by atoms with Crippen molar-refractivity contribution in [1.82, 2.24) is 4.90 Å². The van der Waals surface area contributed by atoms with Crippen molar-refractivity contribution in [3.8, 4) is 11.5 Å². The first-order valence-electron chi connectivity index (χ1n) is 9.73. The van der Waals surface area contributed by atoms with Crippen LogP contribution in [0.2, 0.25) is 0 Å². The lowest BCUT2D eigenvalue weighted by Gasteiger charge is -2.26. The number of Topliss-reactive ketones (excluding diaryl/α,β-unsaturated/α-hetero) is 1. The number of carbonyl (C=O) groups excluding carboxylic acids is 2. The predicted molar refractivity (Wildman–Crippen MR) is 113 cm³/mol. The van der Waals surface area contributed by atoms with Crippen LogP contribution < -0.4 is 14.4 Å². The molecule has 2 aromatic carbocycles. The van der Waals surface area contributed by atoms with E-state index in [1.807, 2.05) is 20.2 Å².